The van der Waals surface area contributed by atoms with Gasteiger partial charge in [-0.1, -0.05) is 26.7 Å². The lowest BCUT2D eigenvalue weighted by Gasteiger charge is -2.43. The third kappa shape index (κ3) is 4.94. The van der Waals surface area contributed by atoms with Crippen LogP contribution in [0.2, 0.25) is 0 Å². The Morgan fingerprint density at radius 3 is 2.43 bits per heavy atom. The third-order valence-electron chi connectivity index (χ3n) is 5.77. The Kier molecular flexibility index (Phi) is 6.51. The molecule has 1 aliphatic heterocycles. The van der Waals surface area contributed by atoms with Crippen LogP contribution in [0.3, 0.4) is 0 Å². The molecule has 1 saturated heterocycles. The van der Waals surface area contributed by atoms with Crippen molar-refractivity contribution < 1.29 is 4.74 Å². The van der Waals surface area contributed by atoms with Crippen LogP contribution >= 0.6 is 0 Å². The Morgan fingerprint density at radius 1 is 1.14 bits per heavy atom. The van der Waals surface area contributed by atoms with Crippen LogP contribution < -0.4 is 5.32 Å². The van der Waals surface area contributed by atoms with Crippen LogP contribution in [0.15, 0.2) is 0 Å². The summed E-state index contributed by atoms with van der Waals surface area (Å²) in [6, 6.07) is 0.773. The first-order valence-corrected chi connectivity index (χ1v) is 8.98. The topological polar surface area (TPSA) is 24.5 Å². The van der Waals surface area contributed by atoms with E-state index in [0.29, 0.717) is 5.41 Å². The molecule has 21 heavy (non-hydrogen) atoms. The Labute approximate surface area is 131 Å². The zero-order valence-corrected chi connectivity index (χ0v) is 14.7. The summed E-state index contributed by atoms with van der Waals surface area (Å²) in [4.78, 5) is 2.76. The van der Waals surface area contributed by atoms with Gasteiger partial charge in [0.15, 0.2) is 0 Å². The Hall–Kier alpha value is -0.120. The minimum atomic E-state index is 0.499. The largest absolute Gasteiger partial charge is 0.383 e. The standard InChI is InChI=1S/C18H36N2O/c1-15-5-7-18(8-6-15,13-19-9-10-21-4)14-20-12-16(2)11-17(20)3/h15-17,19H,5-14H2,1-4H3. The summed E-state index contributed by atoms with van der Waals surface area (Å²) < 4.78 is 5.17. The highest BCUT2D eigenvalue weighted by Gasteiger charge is 2.38. The van der Waals surface area contributed by atoms with Gasteiger partial charge in [-0.25, -0.2) is 0 Å². The van der Waals surface area contributed by atoms with Crippen LogP contribution in [-0.4, -0.2) is 50.8 Å². The van der Waals surface area contributed by atoms with Crippen LogP contribution in [0.5, 0.6) is 0 Å². The molecule has 0 aromatic carbocycles. The van der Waals surface area contributed by atoms with Crippen LogP contribution in [0.25, 0.3) is 0 Å². The van der Waals surface area contributed by atoms with Crippen molar-refractivity contribution in [1.29, 1.82) is 0 Å². The van der Waals surface area contributed by atoms with Crippen LogP contribution in [0, 0.1) is 17.3 Å². The number of rotatable bonds is 7. The summed E-state index contributed by atoms with van der Waals surface area (Å²) in [5.41, 5.74) is 0.499. The molecule has 0 aromatic rings. The van der Waals surface area contributed by atoms with E-state index in [-0.39, 0.29) is 0 Å². The van der Waals surface area contributed by atoms with Crippen molar-refractivity contribution in [2.24, 2.45) is 17.3 Å². The van der Waals surface area contributed by atoms with Gasteiger partial charge in [-0.05, 0) is 43.4 Å². The lowest BCUT2D eigenvalue weighted by atomic mass is 9.70. The van der Waals surface area contributed by atoms with Gasteiger partial charge in [-0.3, -0.25) is 4.90 Å². The van der Waals surface area contributed by atoms with E-state index in [4.69, 9.17) is 4.74 Å². The SMILES string of the molecule is COCCNCC1(CN2CC(C)CC2C)CCC(C)CC1. The second kappa shape index (κ2) is 7.94. The van der Waals surface area contributed by atoms with Crippen molar-refractivity contribution in [3.05, 3.63) is 0 Å². The molecule has 2 aliphatic rings. The summed E-state index contributed by atoms with van der Waals surface area (Å²) in [6.45, 7) is 12.8. The monoisotopic (exact) mass is 296 g/mol. The molecule has 2 atom stereocenters. The molecule has 2 unspecified atom stereocenters. The fourth-order valence-electron chi connectivity index (χ4n) is 4.33. The van der Waals surface area contributed by atoms with E-state index in [0.717, 1.165) is 31.0 Å². The van der Waals surface area contributed by atoms with Gasteiger partial charge < -0.3 is 10.1 Å². The van der Waals surface area contributed by atoms with Gasteiger partial charge in [0, 0.05) is 39.3 Å². The highest BCUT2D eigenvalue weighted by atomic mass is 16.5. The summed E-state index contributed by atoms with van der Waals surface area (Å²) in [6.07, 6.45) is 6.98. The predicted octanol–water partition coefficient (Wildman–Crippen LogP) is 3.15. The van der Waals surface area contributed by atoms with Crippen LogP contribution in [-0.2, 0) is 4.74 Å². The second-order valence-electron chi connectivity index (χ2n) is 7.97. The molecular weight excluding hydrogens is 260 g/mol. The molecular formula is C18H36N2O. The summed E-state index contributed by atoms with van der Waals surface area (Å²) in [7, 11) is 1.78. The van der Waals surface area contributed by atoms with Crippen molar-refractivity contribution in [3.63, 3.8) is 0 Å². The number of hydrogen-bond acceptors (Lipinski definition) is 3. The quantitative estimate of drug-likeness (QED) is 0.730. The van der Waals surface area contributed by atoms with Gasteiger partial charge in [0.2, 0.25) is 0 Å². The van der Waals surface area contributed by atoms with E-state index in [1.807, 2.05) is 0 Å². The van der Waals surface area contributed by atoms with Crippen molar-refractivity contribution in [3.8, 4) is 0 Å². The normalized spacial score (nSPS) is 38.0. The first-order chi connectivity index (χ1) is 10.0. The molecule has 2 fully saturated rings. The average molecular weight is 296 g/mol. The molecule has 1 heterocycles. The fraction of sp³-hybridized carbons (Fsp3) is 1.00. The Bertz CT molecular complexity index is 300. The zero-order chi connectivity index (χ0) is 15.3. The van der Waals surface area contributed by atoms with Gasteiger partial charge in [-0.2, -0.15) is 0 Å². The molecule has 1 aliphatic carbocycles. The molecule has 3 heteroatoms. The third-order valence-corrected chi connectivity index (χ3v) is 5.77. The Morgan fingerprint density at radius 2 is 1.86 bits per heavy atom. The van der Waals surface area contributed by atoms with Crippen molar-refractivity contribution in [2.75, 3.05) is 39.9 Å². The van der Waals surface area contributed by atoms with Crippen molar-refractivity contribution in [1.82, 2.24) is 10.2 Å². The molecule has 0 radical (unpaired) electrons. The number of nitrogens with zero attached hydrogens (tertiary/aromatic N) is 1. The highest BCUT2D eigenvalue weighted by molar-refractivity contribution is 4.92. The molecule has 3 nitrogen and oxygen atoms in total. The molecule has 0 bridgehead atoms. The molecule has 1 N–H and O–H groups in total. The summed E-state index contributed by atoms with van der Waals surface area (Å²) in [5, 5.41) is 3.66. The minimum absolute atomic E-state index is 0.499. The molecule has 0 amide bonds. The number of methoxy groups -OCH3 is 1. The maximum atomic E-state index is 5.17. The van der Waals surface area contributed by atoms with E-state index < -0.39 is 0 Å². The van der Waals surface area contributed by atoms with Gasteiger partial charge in [0.1, 0.15) is 0 Å². The van der Waals surface area contributed by atoms with Crippen LogP contribution in [0.1, 0.15) is 52.9 Å². The smallest absolute Gasteiger partial charge is 0.0587 e. The average Bonchev–Trinajstić information content (AvgIpc) is 2.76. The molecule has 0 spiro atoms. The van der Waals surface area contributed by atoms with E-state index in [2.05, 4.69) is 31.0 Å². The first kappa shape index (κ1) is 17.2. The predicted molar refractivity (Wildman–Crippen MR) is 89.6 cm³/mol. The van der Waals surface area contributed by atoms with Gasteiger partial charge >= 0.3 is 0 Å². The Balaban J connectivity index is 1.91. The van der Waals surface area contributed by atoms with E-state index in [1.165, 1.54) is 51.7 Å². The summed E-state index contributed by atoms with van der Waals surface area (Å²) in [5.74, 6) is 1.80. The van der Waals surface area contributed by atoms with Crippen LogP contribution in [0.4, 0.5) is 0 Å². The number of hydrogen-bond donors (Lipinski definition) is 1. The van der Waals surface area contributed by atoms with Gasteiger partial charge in [0.05, 0.1) is 6.61 Å². The first-order valence-electron chi connectivity index (χ1n) is 8.98. The molecule has 2 rings (SSSR count). The highest BCUT2D eigenvalue weighted by Crippen LogP contribution is 2.40. The van der Waals surface area contributed by atoms with E-state index >= 15 is 0 Å². The molecule has 1 saturated carbocycles. The lowest BCUT2D eigenvalue weighted by molar-refractivity contribution is 0.0798. The van der Waals surface area contributed by atoms with Gasteiger partial charge in [-0.15, -0.1) is 0 Å². The number of nitrogens with one attached hydrogen (secondary N) is 1. The second-order valence-corrected chi connectivity index (χ2v) is 7.97. The van der Waals surface area contributed by atoms with E-state index in [1.54, 1.807) is 7.11 Å². The zero-order valence-electron chi connectivity index (χ0n) is 14.7. The van der Waals surface area contributed by atoms with E-state index in [9.17, 15) is 0 Å². The van der Waals surface area contributed by atoms with Gasteiger partial charge in [0.25, 0.3) is 0 Å². The lowest BCUT2D eigenvalue weighted by Crippen LogP contribution is -2.47. The minimum Gasteiger partial charge on any atom is -0.383 e. The maximum Gasteiger partial charge on any atom is 0.0587 e. The number of likely N-dealkylation sites (tertiary alicyclic amines) is 1. The fourth-order valence-corrected chi connectivity index (χ4v) is 4.33. The van der Waals surface area contributed by atoms with Crippen molar-refractivity contribution in [2.45, 2.75) is 58.9 Å². The number of ether oxygens (including phenoxy) is 1. The molecule has 124 valence electrons. The summed E-state index contributed by atoms with van der Waals surface area (Å²) >= 11 is 0. The van der Waals surface area contributed by atoms with Crippen molar-refractivity contribution >= 4 is 0 Å². The molecule has 0 aromatic heterocycles. The maximum absolute atomic E-state index is 5.17.